The predicted molar refractivity (Wildman–Crippen MR) is 115 cm³/mol. The Kier molecular flexibility index (Phi) is 4.30. The lowest BCUT2D eigenvalue weighted by atomic mass is 10.1. The number of imidazole rings is 1. The fourth-order valence-electron chi connectivity index (χ4n) is 3.59. The molecule has 2 aliphatic heterocycles. The van der Waals surface area contributed by atoms with E-state index in [2.05, 4.69) is 4.98 Å². The summed E-state index contributed by atoms with van der Waals surface area (Å²) < 4.78 is 1.67. The van der Waals surface area contributed by atoms with E-state index in [1.54, 1.807) is 4.57 Å². The first-order chi connectivity index (χ1) is 14.3. The van der Waals surface area contributed by atoms with Crippen LogP contribution in [0.15, 0.2) is 102 Å². The number of nitrogens with zero attached hydrogens (tertiary/aromatic N) is 2. The molecule has 4 nitrogen and oxygen atoms in total. The number of hydrogen-bond acceptors (Lipinski definition) is 2. The van der Waals surface area contributed by atoms with Gasteiger partial charge in [-0.2, -0.15) is 0 Å². The molecule has 0 atom stereocenters. The topological polar surface area (TPSA) is 50.7 Å². The molecule has 0 bridgehead atoms. The van der Waals surface area contributed by atoms with Gasteiger partial charge in [-0.15, -0.1) is 0 Å². The maximum atomic E-state index is 13.2. The van der Waals surface area contributed by atoms with Crippen LogP contribution < -0.4 is 5.56 Å². The van der Waals surface area contributed by atoms with Gasteiger partial charge in [0.1, 0.15) is 5.69 Å². The molecule has 5 rings (SSSR count). The highest BCUT2D eigenvalue weighted by Crippen LogP contribution is 2.28. The van der Waals surface area contributed by atoms with Gasteiger partial charge in [0.25, 0.3) is 5.56 Å². The number of benzene rings is 3. The summed E-state index contributed by atoms with van der Waals surface area (Å²) in [6.45, 7) is 0. The number of rotatable bonds is 4. The molecule has 2 aliphatic rings. The summed E-state index contributed by atoms with van der Waals surface area (Å²) in [5.74, 6) is 0.645. The van der Waals surface area contributed by atoms with Gasteiger partial charge in [-0.25, -0.2) is 4.98 Å². The van der Waals surface area contributed by atoms with Crippen LogP contribution in [0.4, 0.5) is 0 Å². The molecule has 0 fully saturated rings. The van der Waals surface area contributed by atoms with Crippen molar-refractivity contribution in [1.29, 1.82) is 0 Å². The van der Waals surface area contributed by atoms with Gasteiger partial charge in [-0.1, -0.05) is 91.0 Å². The Hall–Kier alpha value is -3.92. The average molecular weight is 377 g/mol. The second-order valence-electron chi connectivity index (χ2n) is 6.99. The quantitative estimate of drug-likeness (QED) is 0.483. The van der Waals surface area contributed by atoms with E-state index >= 15 is 0 Å². The van der Waals surface area contributed by atoms with Gasteiger partial charge in [0.2, 0.25) is 0 Å². The standard InChI is InChI=1S/C25H19N3O/c29-25-21(16-18-10-4-1-5-11-18)27-24-23(20-14-8-3-9-15-20)26-22(17-28(24)25)19-12-6-2-7-13-19/h1-15,17,26H,16H2. The predicted octanol–water partition coefficient (Wildman–Crippen LogP) is 4.92. The summed E-state index contributed by atoms with van der Waals surface area (Å²) in [5.41, 5.74) is 5.26. The lowest BCUT2D eigenvalue weighted by molar-refractivity contribution is 0.976. The molecule has 0 saturated heterocycles. The van der Waals surface area contributed by atoms with Crippen molar-refractivity contribution in [2.24, 2.45) is 0 Å². The zero-order valence-corrected chi connectivity index (χ0v) is 15.7. The molecule has 4 heteroatoms. The van der Waals surface area contributed by atoms with Gasteiger partial charge < -0.3 is 4.98 Å². The van der Waals surface area contributed by atoms with E-state index < -0.39 is 0 Å². The molecule has 0 aliphatic carbocycles. The summed E-state index contributed by atoms with van der Waals surface area (Å²) in [7, 11) is 0. The van der Waals surface area contributed by atoms with E-state index in [1.807, 2.05) is 97.2 Å². The van der Waals surface area contributed by atoms with Crippen molar-refractivity contribution >= 4 is 0 Å². The Morgan fingerprint density at radius 3 is 2.00 bits per heavy atom. The van der Waals surface area contributed by atoms with E-state index in [4.69, 9.17) is 4.98 Å². The largest absolute Gasteiger partial charge is 0.350 e. The Labute approximate surface area is 168 Å². The maximum absolute atomic E-state index is 13.2. The van der Waals surface area contributed by atoms with E-state index in [0.717, 1.165) is 28.1 Å². The number of H-pyrrole nitrogens is 1. The van der Waals surface area contributed by atoms with Crippen LogP contribution in [0, 0.1) is 0 Å². The van der Waals surface area contributed by atoms with Crippen LogP contribution in [0.3, 0.4) is 0 Å². The van der Waals surface area contributed by atoms with Crippen LogP contribution in [0.2, 0.25) is 0 Å². The van der Waals surface area contributed by atoms with Gasteiger partial charge >= 0.3 is 0 Å². The second-order valence-corrected chi connectivity index (χ2v) is 6.99. The lowest BCUT2D eigenvalue weighted by Gasteiger charge is -2.13. The van der Waals surface area contributed by atoms with Crippen LogP contribution in [0.25, 0.3) is 28.3 Å². The first-order valence-corrected chi connectivity index (χ1v) is 9.58. The average Bonchev–Trinajstić information content (AvgIpc) is 3.10. The van der Waals surface area contributed by atoms with Crippen molar-refractivity contribution in [3.63, 3.8) is 0 Å². The molecule has 0 saturated carbocycles. The molecule has 140 valence electrons. The number of nitrogens with one attached hydrogen (secondary N) is 1. The molecule has 0 spiro atoms. The number of aromatic amines is 1. The van der Waals surface area contributed by atoms with Gasteiger partial charge in [0.15, 0.2) is 5.82 Å². The second kappa shape index (κ2) is 7.24. The maximum Gasteiger partial charge on any atom is 0.278 e. The van der Waals surface area contributed by atoms with Crippen LogP contribution in [-0.4, -0.2) is 14.5 Å². The van der Waals surface area contributed by atoms with Gasteiger partial charge in [0, 0.05) is 18.2 Å². The third-order valence-electron chi connectivity index (χ3n) is 5.04. The molecule has 0 unspecified atom stereocenters. The van der Waals surface area contributed by atoms with Crippen LogP contribution in [0.1, 0.15) is 11.3 Å². The summed E-state index contributed by atoms with van der Waals surface area (Å²) in [4.78, 5) is 21.4. The Bertz CT molecular complexity index is 1270. The summed E-state index contributed by atoms with van der Waals surface area (Å²) in [6.07, 6.45) is 2.36. The molecule has 3 aromatic carbocycles. The van der Waals surface area contributed by atoms with Crippen molar-refractivity contribution in [1.82, 2.24) is 14.5 Å². The van der Waals surface area contributed by atoms with E-state index in [0.29, 0.717) is 17.9 Å². The highest BCUT2D eigenvalue weighted by Gasteiger charge is 2.21. The minimum absolute atomic E-state index is 0.0767. The SMILES string of the molecule is O=c1c(Cc2ccccc2)nc2c(-c3ccccc3)[nH]c(-c3ccccc3)cn1-2. The fourth-order valence-corrected chi connectivity index (χ4v) is 3.59. The molecular formula is C25H19N3O. The van der Waals surface area contributed by atoms with Crippen molar-refractivity contribution < 1.29 is 0 Å². The fraction of sp³-hybridized carbons (Fsp3) is 0.0400. The van der Waals surface area contributed by atoms with Crippen LogP contribution in [-0.2, 0) is 6.42 Å². The smallest absolute Gasteiger partial charge is 0.278 e. The summed E-state index contributed by atoms with van der Waals surface area (Å²) >= 11 is 0. The lowest BCUT2D eigenvalue weighted by Crippen LogP contribution is -2.16. The molecule has 0 amide bonds. The van der Waals surface area contributed by atoms with E-state index in [-0.39, 0.29) is 5.56 Å². The van der Waals surface area contributed by atoms with E-state index in [9.17, 15) is 4.79 Å². The molecular weight excluding hydrogens is 358 g/mol. The first-order valence-electron chi connectivity index (χ1n) is 9.58. The highest BCUT2D eigenvalue weighted by atomic mass is 16.1. The number of fused-ring (bicyclic) bond motifs is 1. The molecule has 1 N–H and O–H groups in total. The molecule has 3 aromatic rings. The van der Waals surface area contributed by atoms with Crippen LogP contribution >= 0.6 is 0 Å². The summed E-state index contributed by atoms with van der Waals surface area (Å²) in [5, 5.41) is 0. The Balaban J connectivity index is 1.73. The minimum Gasteiger partial charge on any atom is -0.350 e. The zero-order valence-electron chi connectivity index (χ0n) is 15.7. The van der Waals surface area contributed by atoms with Crippen molar-refractivity contribution in [3.05, 3.63) is 119 Å². The molecule has 0 radical (unpaired) electrons. The van der Waals surface area contributed by atoms with Crippen LogP contribution in [0.5, 0.6) is 0 Å². The summed E-state index contributed by atoms with van der Waals surface area (Å²) in [6, 6.07) is 30.0. The third-order valence-corrected chi connectivity index (χ3v) is 5.04. The molecule has 2 heterocycles. The monoisotopic (exact) mass is 377 g/mol. The zero-order chi connectivity index (χ0) is 19.6. The van der Waals surface area contributed by atoms with Crippen molar-refractivity contribution in [2.75, 3.05) is 0 Å². The molecule has 29 heavy (non-hydrogen) atoms. The number of hydrogen-bond donors (Lipinski definition) is 1. The van der Waals surface area contributed by atoms with Crippen molar-refractivity contribution in [2.45, 2.75) is 6.42 Å². The van der Waals surface area contributed by atoms with E-state index in [1.165, 1.54) is 0 Å². The molecule has 0 aromatic heterocycles. The Morgan fingerprint density at radius 1 is 0.759 bits per heavy atom. The van der Waals surface area contributed by atoms with Gasteiger partial charge in [-0.3, -0.25) is 9.36 Å². The third kappa shape index (κ3) is 3.25. The normalized spacial score (nSPS) is 11.0. The highest BCUT2D eigenvalue weighted by molar-refractivity contribution is 5.71. The Morgan fingerprint density at radius 2 is 1.34 bits per heavy atom. The first kappa shape index (κ1) is 17.2. The number of aromatic nitrogens is 3. The minimum atomic E-state index is -0.0767. The van der Waals surface area contributed by atoms with Crippen molar-refractivity contribution in [3.8, 4) is 28.3 Å². The van der Waals surface area contributed by atoms with Gasteiger partial charge in [0.05, 0.1) is 11.4 Å². The van der Waals surface area contributed by atoms with Gasteiger partial charge in [-0.05, 0) is 11.1 Å².